The average Bonchev–Trinajstić information content (AvgIpc) is 2.94. The second-order valence-corrected chi connectivity index (χ2v) is 10.3. The number of carbonyl (C=O) groups excluding carboxylic acids is 1. The zero-order valence-electron chi connectivity index (χ0n) is 23.5. The molecule has 0 spiro atoms. The minimum atomic E-state index is -4.85. The molecule has 4 rings (SSSR count). The summed E-state index contributed by atoms with van der Waals surface area (Å²) in [6.07, 6.45) is -10.1. The molecule has 1 aliphatic rings. The van der Waals surface area contributed by atoms with Crippen molar-refractivity contribution in [1.82, 2.24) is 9.88 Å². The first-order chi connectivity index (χ1) is 20.9. The molecule has 1 amide bonds. The van der Waals surface area contributed by atoms with E-state index in [1.54, 1.807) is 0 Å². The van der Waals surface area contributed by atoms with Gasteiger partial charge in [-0.25, -0.2) is 13.6 Å². The lowest BCUT2D eigenvalue weighted by atomic mass is 9.97. The first kappa shape index (κ1) is 33.4. The van der Waals surface area contributed by atoms with E-state index in [4.69, 9.17) is 4.74 Å². The highest BCUT2D eigenvalue weighted by Crippen LogP contribution is 2.36. The van der Waals surface area contributed by atoms with Gasteiger partial charge in [0.1, 0.15) is 29.3 Å². The molecule has 8 nitrogen and oxygen atoms in total. The van der Waals surface area contributed by atoms with E-state index in [0.717, 1.165) is 22.8 Å². The van der Waals surface area contributed by atoms with Gasteiger partial charge in [0.05, 0.1) is 24.3 Å². The molecule has 0 unspecified atom stereocenters. The number of alkyl halides is 6. The van der Waals surface area contributed by atoms with Gasteiger partial charge in [-0.3, -0.25) is 9.59 Å². The molecule has 3 aromatic rings. The lowest BCUT2D eigenvalue weighted by molar-refractivity contribution is -0.167. The summed E-state index contributed by atoms with van der Waals surface area (Å²) in [6, 6.07) is 2.68. The molecule has 16 heteroatoms. The van der Waals surface area contributed by atoms with Crippen LogP contribution < -0.4 is 15.8 Å². The van der Waals surface area contributed by atoms with Gasteiger partial charge in [-0.15, -0.1) is 0 Å². The van der Waals surface area contributed by atoms with Crippen molar-refractivity contribution >= 4 is 17.6 Å². The van der Waals surface area contributed by atoms with Crippen molar-refractivity contribution in [3.63, 3.8) is 0 Å². The second-order valence-electron chi connectivity index (χ2n) is 10.3. The van der Waals surface area contributed by atoms with Gasteiger partial charge in [0.15, 0.2) is 0 Å². The third-order valence-corrected chi connectivity index (χ3v) is 7.35. The SMILES string of the molecule is Cc1cc(C(F)(F)F)c(-c2ccc(C[C@H](NC(=O)c3c(F)cc(N4CCOC[C@@H]4C(F)(F)F)cc3F)C(=O)O)cc2)c(=O)n1C. The number of hydrogen-bond acceptors (Lipinski definition) is 5. The maximum absolute atomic E-state index is 14.9. The normalized spacial score (nSPS) is 16.4. The van der Waals surface area contributed by atoms with Crippen molar-refractivity contribution in [3.05, 3.63) is 86.8 Å². The molecule has 1 saturated heterocycles. The maximum Gasteiger partial charge on any atom is 0.417 e. The zero-order valence-corrected chi connectivity index (χ0v) is 23.5. The Kier molecular flexibility index (Phi) is 9.28. The number of benzene rings is 2. The molecule has 2 heterocycles. The van der Waals surface area contributed by atoms with E-state index in [1.165, 1.54) is 26.1 Å². The minimum absolute atomic E-state index is 0.0712. The van der Waals surface area contributed by atoms with Crippen molar-refractivity contribution in [2.24, 2.45) is 7.05 Å². The molecule has 0 aliphatic carbocycles. The number of halogens is 8. The van der Waals surface area contributed by atoms with E-state index in [1.807, 2.05) is 5.32 Å². The van der Waals surface area contributed by atoms with Crippen LogP contribution in [0.4, 0.5) is 40.8 Å². The fourth-order valence-electron chi connectivity index (χ4n) is 4.92. The number of amides is 1. The molecule has 0 radical (unpaired) electrons. The Balaban J connectivity index is 1.56. The second kappa shape index (κ2) is 12.5. The number of nitrogens with one attached hydrogen (secondary N) is 1. The summed E-state index contributed by atoms with van der Waals surface area (Å²) in [7, 11) is 1.30. The summed E-state index contributed by atoms with van der Waals surface area (Å²) in [5, 5.41) is 11.6. The van der Waals surface area contributed by atoms with Crippen molar-refractivity contribution in [1.29, 1.82) is 0 Å². The summed E-state index contributed by atoms with van der Waals surface area (Å²) in [5.74, 6) is -6.21. The fraction of sp³-hybridized carbons (Fsp3) is 0.345. The first-order valence-corrected chi connectivity index (χ1v) is 13.2. The Labute approximate surface area is 249 Å². The monoisotopic (exact) mass is 647 g/mol. The largest absolute Gasteiger partial charge is 0.480 e. The van der Waals surface area contributed by atoms with Gasteiger partial charge in [0.2, 0.25) is 0 Å². The zero-order chi connectivity index (χ0) is 33.4. The van der Waals surface area contributed by atoms with Crippen molar-refractivity contribution in [2.45, 2.75) is 37.8 Å². The number of rotatable bonds is 7. The predicted octanol–water partition coefficient (Wildman–Crippen LogP) is 4.85. The summed E-state index contributed by atoms with van der Waals surface area (Å²) in [6.45, 7) is 0.0691. The van der Waals surface area contributed by atoms with Crippen molar-refractivity contribution in [3.8, 4) is 11.1 Å². The topological polar surface area (TPSA) is 101 Å². The van der Waals surface area contributed by atoms with Gasteiger partial charge in [-0.1, -0.05) is 24.3 Å². The number of pyridine rings is 1. The molecule has 242 valence electrons. The standard InChI is InChI=1S/C29H25F8N3O5/c1-14-9-18(28(32,33)34)23(26(42)39(14)2)16-5-3-15(4-6-16)10-21(27(43)44)38-25(41)24-19(30)11-17(12-20(24)31)40-7-8-45-13-22(40)29(35,36)37/h3-6,9,11-12,21-22H,7-8,10,13H2,1-2H3,(H,38,41)(H,43,44)/t21-,22+/m0/s1. The lowest BCUT2D eigenvalue weighted by Gasteiger charge is -2.38. The van der Waals surface area contributed by atoms with E-state index in [-0.39, 0.29) is 30.0 Å². The van der Waals surface area contributed by atoms with Gasteiger partial charge >= 0.3 is 18.3 Å². The highest BCUT2D eigenvalue weighted by Gasteiger charge is 2.46. The van der Waals surface area contributed by atoms with E-state index in [0.29, 0.717) is 17.0 Å². The number of nitrogens with zero attached hydrogens (tertiary/aromatic N) is 2. The maximum atomic E-state index is 14.9. The Hall–Kier alpha value is -4.47. The number of carboxylic acids is 1. The molecule has 0 saturated carbocycles. The van der Waals surface area contributed by atoms with Crippen LogP contribution in [-0.4, -0.2) is 59.6 Å². The Morgan fingerprint density at radius 1 is 1.04 bits per heavy atom. The Morgan fingerprint density at radius 2 is 1.64 bits per heavy atom. The van der Waals surface area contributed by atoms with Gasteiger partial charge in [0, 0.05) is 31.4 Å². The van der Waals surface area contributed by atoms with E-state index >= 15 is 0 Å². The third kappa shape index (κ3) is 7.10. The summed E-state index contributed by atoms with van der Waals surface area (Å²) in [5.41, 5.74) is -4.30. The molecule has 1 aromatic heterocycles. The quantitative estimate of drug-likeness (QED) is 0.356. The molecule has 2 atom stereocenters. The number of aryl methyl sites for hydroxylation is 1. The smallest absolute Gasteiger partial charge is 0.417 e. The molecule has 1 aliphatic heterocycles. The first-order valence-electron chi connectivity index (χ1n) is 13.2. The number of aromatic nitrogens is 1. The van der Waals surface area contributed by atoms with Crippen LogP contribution in [0.5, 0.6) is 0 Å². The molecule has 1 fully saturated rings. The van der Waals surface area contributed by atoms with E-state index in [9.17, 15) is 54.6 Å². The number of hydrogen-bond donors (Lipinski definition) is 2. The van der Waals surface area contributed by atoms with Crippen LogP contribution in [-0.2, 0) is 29.2 Å². The van der Waals surface area contributed by atoms with Crippen LogP contribution in [0.3, 0.4) is 0 Å². The number of carbonyl (C=O) groups is 2. The average molecular weight is 648 g/mol. The van der Waals surface area contributed by atoms with Gasteiger partial charge in [0.25, 0.3) is 11.5 Å². The lowest BCUT2D eigenvalue weighted by Crippen LogP contribution is -2.53. The van der Waals surface area contributed by atoms with E-state index < -0.39 is 88.9 Å². The summed E-state index contributed by atoms with van der Waals surface area (Å²) >= 11 is 0. The number of carboxylic acid groups (broad SMARTS) is 1. The van der Waals surface area contributed by atoms with Crippen LogP contribution in [0.2, 0.25) is 0 Å². The van der Waals surface area contributed by atoms with Gasteiger partial charge in [-0.05, 0) is 36.2 Å². The molecule has 45 heavy (non-hydrogen) atoms. The van der Waals surface area contributed by atoms with Crippen LogP contribution >= 0.6 is 0 Å². The van der Waals surface area contributed by atoms with Gasteiger partial charge < -0.3 is 24.6 Å². The highest BCUT2D eigenvalue weighted by atomic mass is 19.4. The van der Waals surface area contributed by atoms with Crippen LogP contribution in [0.15, 0.2) is 47.3 Å². The number of aliphatic carboxylic acids is 1. The van der Waals surface area contributed by atoms with Crippen molar-refractivity contribution in [2.75, 3.05) is 24.7 Å². The third-order valence-electron chi connectivity index (χ3n) is 7.35. The number of morpholine rings is 1. The molecule has 2 aromatic carbocycles. The Bertz CT molecular complexity index is 1650. The summed E-state index contributed by atoms with van der Waals surface area (Å²) in [4.78, 5) is 38.0. The van der Waals surface area contributed by atoms with Crippen molar-refractivity contribution < 1.29 is 54.6 Å². The number of ether oxygens (including phenoxy) is 1. The Morgan fingerprint density at radius 3 is 2.18 bits per heavy atom. The van der Waals surface area contributed by atoms with Crippen LogP contribution in [0.1, 0.15) is 27.2 Å². The molecule has 2 N–H and O–H groups in total. The molecule has 0 bridgehead atoms. The van der Waals surface area contributed by atoms with Gasteiger partial charge in [-0.2, -0.15) is 26.3 Å². The van der Waals surface area contributed by atoms with Crippen LogP contribution in [0.25, 0.3) is 11.1 Å². The highest BCUT2D eigenvalue weighted by molar-refractivity contribution is 5.97. The van der Waals surface area contributed by atoms with Crippen LogP contribution in [0, 0.1) is 18.6 Å². The molecular formula is C29H25F8N3O5. The number of anilines is 1. The summed E-state index contributed by atoms with van der Waals surface area (Å²) < 4.78 is 117. The minimum Gasteiger partial charge on any atom is -0.480 e. The van der Waals surface area contributed by atoms with E-state index in [2.05, 4.69) is 0 Å². The fourth-order valence-corrected chi connectivity index (χ4v) is 4.92. The molecular weight excluding hydrogens is 622 g/mol. The predicted molar refractivity (Wildman–Crippen MR) is 144 cm³/mol.